The molecule has 1 aromatic rings. The Hall–Kier alpha value is -2.34. The quantitative estimate of drug-likeness (QED) is 0.407. The van der Waals surface area contributed by atoms with Crippen molar-refractivity contribution < 1.29 is 28.2 Å². The number of aliphatic hydroxyl groups is 1. The van der Waals surface area contributed by atoms with Crippen molar-refractivity contribution in [3.05, 3.63) is 34.5 Å². The predicted octanol–water partition coefficient (Wildman–Crippen LogP) is 0.741. The summed E-state index contributed by atoms with van der Waals surface area (Å²) in [5.74, 6) is 0.417. The van der Waals surface area contributed by atoms with E-state index in [4.69, 9.17) is 4.74 Å². The van der Waals surface area contributed by atoms with E-state index in [0.29, 0.717) is 18.8 Å². The molecule has 3 aliphatic carbocycles. The Morgan fingerprint density at radius 3 is 2.68 bits per heavy atom. The molecule has 37 heavy (non-hydrogen) atoms. The second-order valence-corrected chi connectivity index (χ2v) is 13.7. The summed E-state index contributed by atoms with van der Waals surface area (Å²) in [6.45, 7) is 5.28. The fraction of sp³-hybridized carbons (Fsp3) is 0.654. The average Bonchev–Trinajstić information content (AvgIpc) is 3.55. The van der Waals surface area contributed by atoms with Gasteiger partial charge >= 0.3 is 10.2 Å². The molecule has 2 fully saturated rings. The van der Waals surface area contributed by atoms with Crippen LogP contribution in [-0.2, 0) is 26.8 Å². The van der Waals surface area contributed by atoms with Crippen LogP contribution >= 0.6 is 0 Å². The highest BCUT2D eigenvalue weighted by molar-refractivity contribution is 7.87. The molecule has 1 saturated carbocycles. The number of nitrogens with one attached hydrogen (secondary N) is 2. The van der Waals surface area contributed by atoms with Crippen molar-refractivity contribution in [2.24, 2.45) is 5.92 Å². The molecule has 5 aliphatic rings. The summed E-state index contributed by atoms with van der Waals surface area (Å²) in [7, 11) is -1.17. The number of likely N-dealkylation sites (tertiary alicyclic amines) is 1. The van der Waals surface area contributed by atoms with Gasteiger partial charge in [-0.2, -0.15) is 12.7 Å². The van der Waals surface area contributed by atoms with E-state index in [-0.39, 0.29) is 41.3 Å². The number of rotatable bonds is 7. The third kappa shape index (κ3) is 3.47. The lowest BCUT2D eigenvalue weighted by Crippen LogP contribution is -2.76. The van der Waals surface area contributed by atoms with Gasteiger partial charge in [0.25, 0.3) is 0 Å². The van der Waals surface area contributed by atoms with E-state index in [1.807, 2.05) is 19.9 Å². The molecule has 4 atom stereocenters. The zero-order valence-corrected chi connectivity index (χ0v) is 22.6. The van der Waals surface area contributed by atoms with Crippen molar-refractivity contribution >= 4 is 16.1 Å². The van der Waals surface area contributed by atoms with Gasteiger partial charge in [0, 0.05) is 50.3 Å². The Labute approximate surface area is 217 Å². The minimum atomic E-state index is -4.00. The average molecular weight is 533 g/mol. The van der Waals surface area contributed by atoms with Crippen LogP contribution in [-0.4, -0.2) is 84.7 Å². The summed E-state index contributed by atoms with van der Waals surface area (Å²) < 4.78 is 36.3. The maximum atomic E-state index is 13.6. The molecule has 1 aromatic carbocycles. The van der Waals surface area contributed by atoms with E-state index in [1.165, 1.54) is 26.9 Å². The van der Waals surface area contributed by atoms with E-state index in [2.05, 4.69) is 14.9 Å². The maximum absolute atomic E-state index is 13.6. The Morgan fingerprint density at radius 2 is 2.03 bits per heavy atom. The molecule has 202 valence electrons. The highest BCUT2D eigenvalue weighted by atomic mass is 32.2. The zero-order chi connectivity index (χ0) is 26.5. The Morgan fingerprint density at radius 1 is 1.30 bits per heavy atom. The predicted molar refractivity (Wildman–Crippen MR) is 136 cm³/mol. The number of carbonyl (C=O) groups is 1. The second-order valence-electron chi connectivity index (χ2n) is 11.8. The molecule has 2 bridgehead atoms. The van der Waals surface area contributed by atoms with Crippen LogP contribution in [0.2, 0.25) is 0 Å². The standard InChI is InChI=1S/C26H36N4O6S/c1-14(2)27-24(32)17-12-26(33)19-11-16-7-8-18(31)22-20(16)25(26,9-10-30(19)13-15-5-6-15)23(36-22)21(17)28-37(34,35)29(3)4/h7-8,14-15,19,23,28,31,33H,5-6,9-13H2,1-4H3,(H,27,32)/t19-,23+,25+,26-/m1/s1. The lowest BCUT2D eigenvalue weighted by Gasteiger charge is -2.63. The van der Waals surface area contributed by atoms with E-state index in [1.54, 1.807) is 6.07 Å². The number of carbonyl (C=O) groups excluding carboxylic acids is 1. The highest BCUT2D eigenvalue weighted by Gasteiger charge is 2.73. The summed E-state index contributed by atoms with van der Waals surface area (Å²) in [6, 6.07) is 3.05. The number of nitrogens with zero attached hydrogens (tertiary/aromatic N) is 2. The van der Waals surface area contributed by atoms with Gasteiger partial charge in [-0.1, -0.05) is 6.07 Å². The van der Waals surface area contributed by atoms with Crippen LogP contribution in [0.25, 0.3) is 0 Å². The SMILES string of the molecule is CC(C)NC(=O)C1=C(NS(=O)(=O)N(C)C)[C@@H]2Oc3c(O)ccc4c3[C@@]23CCN(CC2CC2)[C@H](C4)[C@]3(O)C1. The zero-order valence-electron chi connectivity index (χ0n) is 21.7. The first-order valence-corrected chi connectivity index (χ1v) is 14.6. The van der Waals surface area contributed by atoms with Gasteiger partial charge in [-0.15, -0.1) is 0 Å². The van der Waals surface area contributed by atoms with Crippen LogP contribution in [0.5, 0.6) is 11.5 Å². The van der Waals surface area contributed by atoms with Gasteiger partial charge in [0.15, 0.2) is 17.6 Å². The summed E-state index contributed by atoms with van der Waals surface area (Å²) in [5.41, 5.74) is -0.313. The normalized spacial score (nSPS) is 32.4. The topological polar surface area (TPSA) is 131 Å². The third-order valence-electron chi connectivity index (χ3n) is 8.96. The lowest BCUT2D eigenvalue weighted by molar-refractivity contribution is -0.168. The van der Waals surface area contributed by atoms with Crippen molar-refractivity contribution in [3.8, 4) is 11.5 Å². The van der Waals surface area contributed by atoms with Gasteiger partial charge in [-0.25, -0.2) is 0 Å². The number of amides is 1. The molecule has 1 amide bonds. The summed E-state index contributed by atoms with van der Waals surface area (Å²) in [6.07, 6.45) is 2.48. The van der Waals surface area contributed by atoms with E-state index in [0.717, 1.165) is 28.5 Å². The number of hydrogen-bond donors (Lipinski definition) is 4. The summed E-state index contributed by atoms with van der Waals surface area (Å²) in [5, 5.41) is 26.5. The molecular weight excluding hydrogens is 496 g/mol. The molecule has 11 heteroatoms. The van der Waals surface area contributed by atoms with E-state index < -0.39 is 33.2 Å². The molecule has 6 rings (SSSR count). The van der Waals surface area contributed by atoms with Gasteiger partial charge in [0.2, 0.25) is 5.91 Å². The Balaban J connectivity index is 1.58. The van der Waals surface area contributed by atoms with Gasteiger partial charge in [-0.3, -0.25) is 14.4 Å². The molecule has 1 saturated heterocycles. The molecule has 1 spiro atoms. The monoisotopic (exact) mass is 532 g/mol. The fourth-order valence-electron chi connectivity index (χ4n) is 7.09. The second kappa shape index (κ2) is 8.08. The fourth-order valence-corrected chi connectivity index (χ4v) is 7.78. The highest BCUT2D eigenvalue weighted by Crippen LogP contribution is 2.66. The summed E-state index contributed by atoms with van der Waals surface area (Å²) in [4.78, 5) is 15.9. The van der Waals surface area contributed by atoms with Crippen LogP contribution < -0.4 is 14.8 Å². The van der Waals surface area contributed by atoms with Crippen molar-refractivity contribution in [2.45, 2.75) is 75.2 Å². The number of phenols is 1. The number of aromatic hydroxyl groups is 1. The Kier molecular flexibility index (Phi) is 5.45. The van der Waals surface area contributed by atoms with Crippen LogP contribution in [0, 0.1) is 5.92 Å². The van der Waals surface area contributed by atoms with Crippen LogP contribution in [0.15, 0.2) is 23.4 Å². The number of hydrogen-bond acceptors (Lipinski definition) is 7. The van der Waals surface area contributed by atoms with Gasteiger partial charge in [0.05, 0.1) is 16.7 Å². The molecular formula is C26H36N4O6S. The molecule has 0 aromatic heterocycles. The maximum Gasteiger partial charge on any atom is 0.301 e. The number of phenolic OH excluding ortho intramolecular Hbond substituents is 1. The number of ether oxygens (including phenoxy) is 1. The van der Waals surface area contributed by atoms with Crippen molar-refractivity contribution in [1.82, 2.24) is 19.2 Å². The Bertz CT molecular complexity index is 1310. The van der Waals surface area contributed by atoms with Crippen LogP contribution in [0.1, 0.15) is 50.7 Å². The lowest BCUT2D eigenvalue weighted by atomic mass is 9.49. The first-order chi connectivity index (χ1) is 17.4. The molecule has 4 N–H and O–H groups in total. The molecule has 10 nitrogen and oxygen atoms in total. The smallest absolute Gasteiger partial charge is 0.301 e. The molecule has 2 heterocycles. The number of piperidine rings is 1. The summed E-state index contributed by atoms with van der Waals surface area (Å²) >= 11 is 0. The van der Waals surface area contributed by atoms with E-state index in [9.17, 15) is 23.4 Å². The minimum absolute atomic E-state index is 0.0168. The third-order valence-corrected chi connectivity index (χ3v) is 10.4. The van der Waals surface area contributed by atoms with Crippen molar-refractivity contribution in [1.29, 1.82) is 0 Å². The van der Waals surface area contributed by atoms with Gasteiger partial charge in [-0.05, 0) is 63.6 Å². The first kappa shape index (κ1) is 25.0. The van der Waals surface area contributed by atoms with Gasteiger partial charge in [0.1, 0.15) is 0 Å². The van der Waals surface area contributed by atoms with Crippen LogP contribution in [0.3, 0.4) is 0 Å². The molecule has 2 aliphatic heterocycles. The number of benzene rings is 1. The van der Waals surface area contributed by atoms with Crippen molar-refractivity contribution in [2.75, 3.05) is 27.2 Å². The van der Waals surface area contributed by atoms with E-state index >= 15 is 0 Å². The molecule has 0 unspecified atom stereocenters. The van der Waals surface area contributed by atoms with Gasteiger partial charge < -0.3 is 20.3 Å². The van der Waals surface area contributed by atoms with Crippen LogP contribution in [0.4, 0.5) is 0 Å². The van der Waals surface area contributed by atoms with Crippen molar-refractivity contribution in [3.63, 3.8) is 0 Å². The minimum Gasteiger partial charge on any atom is -0.504 e. The molecule has 0 radical (unpaired) electrons. The first-order valence-electron chi connectivity index (χ1n) is 13.1. The largest absolute Gasteiger partial charge is 0.504 e.